The number of carbonyl (C=O) groups is 1. The van der Waals surface area contributed by atoms with E-state index in [2.05, 4.69) is 5.32 Å². The third-order valence-electron chi connectivity index (χ3n) is 8.04. The van der Waals surface area contributed by atoms with E-state index >= 15 is 0 Å². The maximum Gasteiger partial charge on any atom is 0.471 e. The quantitative estimate of drug-likeness (QED) is 0.333. The predicted molar refractivity (Wildman–Crippen MR) is 142 cm³/mol. The molecule has 0 spiro atoms. The minimum Gasteiger partial charge on any atom is -0.495 e. The number of halogens is 3. The Bertz CT molecular complexity index is 1220. The van der Waals surface area contributed by atoms with Crippen LogP contribution in [0.1, 0.15) is 50.5 Å². The Kier molecular flexibility index (Phi) is 9.64. The van der Waals surface area contributed by atoms with E-state index in [1.165, 1.54) is 24.8 Å². The highest BCUT2D eigenvalue weighted by Crippen LogP contribution is 2.36. The maximum absolute atomic E-state index is 12.8. The average molecular weight is 587 g/mol. The smallest absolute Gasteiger partial charge is 0.471 e. The number of fused-ring (bicyclic) bond motifs is 1. The molecule has 2 aliphatic carbocycles. The SMILES string of the molecule is Cc1ccc(S(=O)(=O)OCC(O)COC2=CCC3NC(C4=CCC(N(C)C(=O)C(F)(F)F)CC4)CCC3C2)cc1. The minimum atomic E-state index is -4.86. The number of hydrogen-bond acceptors (Lipinski definition) is 7. The van der Waals surface area contributed by atoms with Crippen LogP contribution < -0.4 is 5.32 Å². The summed E-state index contributed by atoms with van der Waals surface area (Å²) >= 11 is 0. The van der Waals surface area contributed by atoms with Crippen molar-refractivity contribution >= 4 is 16.0 Å². The number of rotatable bonds is 9. The molecule has 0 radical (unpaired) electrons. The van der Waals surface area contributed by atoms with Crippen molar-refractivity contribution in [2.45, 2.75) is 87.2 Å². The first-order valence-corrected chi connectivity index (χ1v) is 15.0. The molecule has 5 atom stereocenters. The van der Waals surface area contributed by atoms with Gasteiger partial charge < -0.3 is 20.1 Å². The number of hydrogen-bond donors (Lipinski definition) is 2. The fraction of sp³-hybridized carbons (Fsp3) is 0.607. The van der Waals surface area contributed by atoms with Crippen molar-refractivity contribution in [3.8, 4) is 0 Å². The Hall–Kier alpha value is -2.41. The molecule has 1 aliphatic heterocycles. The minimum absolute atomic E-state index is 0.0306. The fourth-order valence-corrected chi connectivity index (χ4v) is 6.58. The van der Waals surface area contributed by atoms with Gasteiger partial charge in [-0.1, -0.05) is 29.3 Å². The van der Waals surface area contributed by atoms with Gasteiger partial charge in [-0.15, -0.1) is 0 Å². The van der Waals surface area contributed by atoms with Crippen LogP contribution in [-0.4, -0.2) is 75.0 Å². The molecule has 1 amide bonds. The Labute approximate surface area is 233 Å². The Balaban J connectivity index is 1.21. The van der Waals surface area contributed by atoms with Gasteiger partial charge in [-0.2, -0.15) is 21.6 Å². The van der Waals surface area contributed by atoms with Crippen LogP contribution in [0.3, 0.4) is 0 Å². The molecule has 12 heteroatoms. The monoisotopic (exact) mass is 586 g/mol. The van der Waals surface area contributed by atoms with Crippen LogP contribution in [0.15, 0.2) is 52.6 Å². The van der Waals surface area contributed by atoms with Gasteiger partial charge in [0.1, 0.15) is 12.7 Å². The highest BCUT2D eigenvalue weighted by molar-refractivity contribution is 7.86. The van der Waals surface area contributed by atoms with Gasteiger partial charge in [0, 0.05) is 31.6 Å². The molecular formula is C28H37F3N2O6S. The van der Waals surface area contributed by atoms with Crippen molar-refractivity contribution in [3.05, 3.63) is 53.3 Å². The number of carbonyl (C=O) groups excluding carboxylic acids is 1. The summed E-state index contributed by atoms with van der Waals surface area (Å²) in [5.41, 5.74) is 2.12. The first-order chi connectivity index (χ1) is 18.8. The number of aliphatic hydroxyl groups is 1. The van der Waals surface area contributed by atoms with Crippen molar-refractivity contribution < 1.29 is 40.4 Å². The second-order valence-electron chi connectivity index (χ2n) is 10.9. The van der Waals surface area contributed by atoms with Crippen LogP contribution in [0, 0.1) is 12.8 Å². The number of nitrogens with one attached hydrogen (secondary N) is 1. The summed E-state index contributed by atoms with van der Waals surface area (Å²) in [5, 5.41) is 13.9. The Morgan fingerprint density at radius 2 is 1.85 bits per heavy atom. The van der Waals surface area contributed by atoms with E-state index in [1.54, 1.807) is 12.1 Å². The van der Waals surface area contributed by atoms with E-state index in [-0.39, 0.29) is 23.6 Å². The average Bonchev–Trinajstić information content (AvgIpc) is 2.93. The zero-order valence-corrected chi connectivity index (χ0v) is 23.5. The number of ether oxygens (including phenoxy) is 1. The second kappa shape index (κ2) is 12.6. The number of amides is 1. The van der Waals surface area contributed by atoms with Crippen LogP contribution in [0.25, 0.3) is 0 Å². The van der Waals surface area contributed by atoms with E-state index in [0.29, 0.717) is 31.6 Å². The van der Waals surface area contributed by atoms with Gasteiger partial charge in [0.2, 0.25) is 0 Å². The molecule has 1 fully saturated rings. The van der Waals surface area contributed by atoms with Crippen molar-refractivity contribution in [1.29, 1.82) is 0 Å². The Morgan fingerprint density at radius 1 is 1.12 bits per heavy atom. The highest BCUT2D eigenvalue weighted by atomic mass is 32.2. The van der Waals surface area contributed by atoms with E-state index in [4.69, 9.17) is 8.92 Å². The van der Waals surface area contributed by atoms with Crippen LogP contribution in [-0.2, 0) is 23.8 Å². The zero-order valence-electron chi connectivity index (χ0n) is 22.7. The van der Waals surface area contributed by atoms with Crippen molar-refractivity contribution in [2.24, 2.45) is 5.92 Å². The van der Waals surface area contributed by atoms with Gasteiger partial charge >= 0.3 is 12.1 Å². The predicted octanol–water partition coefficient (Wildman–Crippen LogP) is 3.99. The first-order valence-electron chi connectivity index (χ1n) is 13.6. The lowest BCUT2D eigenvalue weighted by atomic mass is 9.77. The molecule has 1 saturated heterocycles. The number of nitrogens with zero attached hydrogens (tertiary/aromatic N) is 1. The normalized spacial score (nSPS) is 26.2. The molecule has 222 valence electrons. The molecule has 4 rings (SSSR count). The van der Waals surface area contributed by atoms with Crippen molar-refractivity contribution in [3.63, 3.8) is 0 Å². The lowest BCUT2D eigenvalue weighted by Crippen LogP contribution is -2.50. The van der Waals surface area contributed by atoms with Crippen LogP contribution in [0.4, 0.5) is 13.2 Å². The third kappa shape index (κ3) is 7.65. The topological polar surface area (TPSA) is 105 Å². The molecule has 1 heterocycles. The third-order valence-corrected chi connectivity index (χ3v) is 9.33. The molecule has 0 bridgehead atoms. The molecule has 0 aromatic heterocycles. The summed E-state index contributed by atoms with van der Waals surface area (Å²) in [6, 6.07) is 6.22. The molecular weight excluding hydrogens is 549 g/mol. The zero-order chi connectivity index (χ0) is 29.1. The van der Waals surface area contributed by atoms with Gasteiger partial charge in [0.15, 0.2) is 0 Å². The molecule has 8 nitrogen and oxygen atoms in total. The number of allylic oxidation sites excluding steroid dienone is 1. The highest BCUT2D eigenvalue weighted by Gasteiger charge is 2.43. The first kappa shape index (κ1) is 30.5. The maximum atomic E-state index is 12.8. The summed E-state index contributed by atoms with van der Waals surface area (Å²) in [6.45, 7) is 1.36. The van der Waals surface area contributed by atoms with Gasteiger partial charge in [-0.3, -0.25) is 8.98 Å². The van der Waals surface area contributed by atoms with E-state index < -0.39 is 41.0 Å². The number of alkyl halides is 3. The molecule has 1 aromatic rings. The largest absolute Gasteiger partial charge is 0.495 e. The fourth-order valence-electron chi connectivity index (χ4n) is 5.64. The molecule has 40 heavy (non-hydrogen) atoms. The van der Waals surface area contributed by atoms with Crippen molar-refractivity contribution in [2.75, 3.05) is 20.3 Å². The van der Waals surface area contributed by atoms with Gasteiger partial charge in [0.05, 0.1) is 17.3 Å². The lowest BCUT2D eigenvalue weighted by Gasteiger charge is -2.42. The van der Waals surface area contributed by atoms with E-state index in [1.807, 2.05) is 19.1 Å². The summed E-state index contributed by atoms with van der Waals surface area (Å²) in [6.07, 6.45) is 2.87. The summed E-state index contributed by atoms with van der Waals surface area (Å²) < 4.78 is 73.7. The van der Waals surface area contributed by atoms with Crippen LogP contribution >= 0.6 is 0 Å². The number of piperidine rings is 1. The molecule has 0 saturated carbocycles. The standard InChI is InChI=1S/C28H37F3N2O6S/c1-18-3-11-24(12-4-18)40(36,37)39-17-22(34)16-38-23-10-14-26-20(15-23)7-13-25(32-26)19-5-8-21(9-6-19)33(2)27(35)28(29,30)31/h3-5,10-12,20-22,25-26,32,34H,6-9,13-17H2,1-2H3. The number of aliphatic hydroxyl groups excluding tert-OH is 1. The van der Waals surface area contributed by atoms with Crippen LogP contribution in [0.5, 0.6) is 0 Å². The summed E-state index contributed by atoms with van der Waals surface area (Å²) in [5.74, 6) is -0.689. The van der Waals surface area contributed by atoms with Gasteiger partial charge in [-0.25, -0.2) is 0 Å². The Morgan fingerprint density at radius 3 is 2.50 bits per heavy atom. The molecule has 1 aromatic carbocycles. The van der Waals surface area contributed by atoms with Crippen LogP contribution in [0.2, 0.25) is 0 Å². The summed E-state index contributed by atoms with van der Waals surface area (Å²) in [4.78, 5) is 12.4. The molecule has 2 N–H and O–H groups in total. The number of aryl methyl sites for hydroxylation is 1. The summed E-state index contributed by atoms with van der Waals surface area (Å²) in [7, 11) is -2.75. The van der Waals surface area contributed by atoms with E-state index in [9.17, 15) is 31.5 Å². The second-order valence-corrected chi connectivity index (χ2v) is 12.5. The van der Waals surface area contributed by atoms with E-state index in [0.717, 1.165) is 35.5 Å². The molecule has 5 unspecified atom stereocenters. The lowest BCUT2D eigenvalue weighted by molar-refractivity contribution is -0.186. The van der Waals surface area contributed by atoms with Gasteiger partial charge in [0.25, 0.3) is 10.1 Å². The van der Waals surface area contributed by atoms with Gasteiger partial charge in [-0.05, 0) is 69.6 Å². The number of benzene rings is 1. The van der Waals surface area contributed by atoms with Crippen molar-refractivity contribution in [1.82, 2.24) is 10.2 Å². The molecule has 3 aliphatic rings.